The lowest BCUT2D eigenvalue weighted by Gasteiger charge is -2.16. The van der Waals surface area contributed by atoms with Crippen molar-refractivity contribution in [1.82, 2.24) is 0 Å². The molecule has 2 aromatic carbocycles. The van der Waals surface area contributed by atoms with Crippen LogP contribution >= 0.6 is 11.6 Å². The van der Waals surface area contributed by atoms with Crippen LogP contribution in [-0.2, 0) is 21.5 Å². The van der Waals surface area contributed by atoms with Crippen molar-refractivity contribution < 1.29 is 26.4 Å². The third-order valence-electron chi connectivity index (χ3n) is 3.58. The molecule has 2 rings (SSSR count). The summed E-state index contributed by atoms with van der Waals surface area (Å²) < 4.78 is 62.6. The summed E-state index contributed by atoms with van der Waals surface area (Å²) in [5.41, 5.74) is -4.29. The highest BCUT2D eigenvalue weighted by Crippen LogP contribution is 2.29. The molecule has 0 heterocycles. The van der Waals surface area contributed by atoms with Crippen molar-refractivity contribution in [2.24, 2.45) is 5.16 Å². The molecule has 0 atom stereocenters. The molecule has 0 amide bonds. The van der Waals surface area contributed by atoms with E-state index in [-0.39, 0.29) is 23.6 Å². The summed E-state index contributed by atoms with van der Waals surface area (Å²) in [6, 6.07) is 11.4. The van der Waals surface area contributed by atoms with E-state index in [1.807, 2.05) is 0 Å². The minimum atomic E-state index is -5.56. The first-order valence-electron chi connectivity index (χ1n) is 7.62. The van der Waals surface area contributed by atoms with E-state index in [2.05, 4.69) is 5.16 Å². The van der Waals surface area contributed by atoms with Crippen LogP contribution in [0.5, 0.6) is 0 Å². The van der Waals surface area contributed by atoms with Crippen LogP contribution < -0.4 is 4.72 Å². The predicted molar refractivity (Wildman–Crippen MR) is 98.2 cm³/mol. The summed E-state index contributed by atoms with van der Waals surface area (Å²) in [5.74, 6) is 0. The molecule has 10 heteroatoms. The standard InChI is InChI=1S/C17H16ClF3N2O3S/c1-11-6-5-8-14(16(11)23-27(24,25)17(19,20)21)12(2)22-26-10-13-7-3-4-9-15(13)18/h3-9,23H,10H2,1-2H3. The van der Waals surface area contributed by atoms with Gasteiger partial charge < -0.3 is 4.84 Å². The molecule has 0 saturated heterocycles. The van der Waals surface area contributed by atoms with E-state index in [0.29, 0.717) is 16.1 Å². The van der Waals surface area contributed by atoms with Gasteiger partial charge in [0.15, 0.2) is 0 Å². The second-order valence-corrected chi connectivity index (χ2v) is 7.67. The number of rotatable bonds is 6. The topological polar surface area (TPSA) is 67.8 Å². The van der Waals surface area contributed by atoms with E-state index >= 15 is 0 Å². The third-order valence-corrected chi connectivity index (χ3v) is 5.03. The largest absolute Gasteiger partial charge is 0.516 e. The van der Waals surface area contributed by atoms with Crippen LogP contribution in [0.15, 0.2) is 47.6 Å². The van der Waals surface area contributed by atoms with Crippen LogP contribution in [0.25, 0.3) is 0 Å². The zero-order valence-corrected chi connectivity index (χ0v) is 15.9. The summed E-state index contributed by atoms with van der Waals surface area (Å²) >= 11 is 6.01. The molecular weight excluding hydrogens is 405 g/mol. The van der Waals surface area contributed by atoms with Crippen LogP contribution in [-0.4, -0.2) is 19.6 Å². The fourth-order valence-corrected chi connectivity index (χ4v) is 3.01. The molecule has 0 spiro atoms. The molecule has 0 radical (unpaired) electrons. The molecule has 5 nitrogen and oxygen atoms in total. The number of benzene rings is 2. The lowest BCUT2D eigenvalue weighted by Crippen LogP contribution is -2.30. The number of nitrogens with one attached hydrogen (secondary N) is 1. The van der Waals surface area contributed by atoms with Crippen molar-refractivity contribution in [2.75, 3.05) is 4.72 Å². The highest BCUT2D eigenvalue weighted by molar-refractivity contribution is 7.93. The highest BCUT2D eigenvalue weighted by atomic mass is 35.5. The van der Waals surface area contributed by atoms with Gasteiger partial charge in [0, 0.05) is 16.1 Å². The number of hydrogen-bond donors (Lipinski definition) is 1. The molecule has 2 aromatic rings. The van der Waals surface area contributed by atoms with Crippen LogP contribution in [0.2, 0.25) is 5.02 Å². The second-order valence-electron chi connectivity index (χ2n) is 5.59. The molecule has 0 aliphatic heterocycles. The molecule has 0 aliphatic carbocycles. The zero-order chi connectivity index (χ0) is 20.2. The highest BCUT2D eigenvalue weighted by Gasteiger charge is 2.46. The van der Waals surface area contributed by atoms with Gasteiger partial charge >= 0.3 is 15.5 Å². The average molecular weight is 421 g/mol. The van der Waals surface area contributed by atoms with E-state index < -0.39 is 15.5 Å². The smallest absolute Gasteiger partial charge is 0.391 e. The van der Waals surface area contributed by atoms with E-state index in [4.69, 9.17) is 16.4 Å². The van der Waals surface area contributed by atoms with E-state index in [0.717, 1.165) is 0 Å². The molecule has 1 N–H and O–H groups in total. The van der Waals surface area contributed by atoms with Gasteiger partial charge in [0.1, 0.15) is 6.61 Å². The minimum absolute atomic E-state index is 0.0481. The van der Waals surface area contributed by atoms with Gasteiger partial charge in [-0.15, -0.1) is 0 Å². The summed E-state index contributed by atoms with van der Waals surface area (Å²) in [4.78, 5) is 5.21. The van der Waals surface area contributed by atoms with Gasteiger partial charge in [-0.25, -0.2) is 0 Å². The van der Waals surface area contributed by atoms with Gasteiger partial charge in [-0.2, -0.15) is 21.6 Å². The van der Waals surface area contributed by atoms with Gasteiger partial charge in [-0.1, -0.05) is 53.2 Å². The summed E-state index contributed by atoms with van der Waals surface area (Å²) in [5, 5.41) is 4.35. The Morgan fingerprint density at radius 3 is 2.48 bits per heavy atom. The molecular formula is C17H16ClF3N2O3S. The van der Waals surface area contributed by atoms with Crippen LogP contribution in [0.4, 0.5) is 18.9 Å². The Bertz CT molecular complexity index is 960. The Kier molecular flexibility index (Phi) is 6.38. The second kappa shape index (κ2) is 8.18. The molecule has 0 saturated carbocycles. The van der Waals surface area contributed by atoms with Crippen LogP contribution in [0, 0.1) is 6.92 Å². The van der Waals surface area contributed by atoms with E-state index in [1.54, 1.807) is 35.1 Å². The van der Waals surface area contributed by atoms with Crippen molar-refractivity contribution in [3.63, 3.8) is 0 Å². The zero-order valence-electron chi connectivity index (χ0n) is 14.3. The maximum Gasteiger partial charge on any atom is 0.516 e. The van der Waals surface area contributed by atoms with Gasteiger partial charge in [-0.3, -0.25) is 4.72 Å². The molecule has 0 aromatic heterocycles. The Labute approximate surface area is 159 Å². The average Bonchev–Trinajstić information content (AvgIpc) is 2.57. The SMILES string of the molecule is CC(=NOCc1ccccc1Cl)c1cccc(C)c1NS(=O)(=O)C(F)(F)F. The first kappa shape index (κ1) is 21.0. The molecule has 0 bridgehead atoms. The van der Waals surface area contributed by atoms with Crippen molar-refractivity contribution in [1.29, 1.82) is 0 Å². The number of hydrogen-bond acceptors (Lipinski definition) is 4. The van der Waals surface area contributed by atoms with Crippen molar-refractivity contribution in [3.8, 4) is 0 Å². The summed E-state index contributed by atoms with van der Waals surface area (Å²) in [6.45, 7) is 3.02. The lowest BCUT2D eigenvalue weighted by molar-refractivity contribution is -0.0429. The monoisotopic (exact) mass is 420 g/mol. The Morgan fingerprint density at radius 2 is 1.85 bits per heavy atom. The fraction of sp³-hybridized carbons (Fsp3) is 0.235. The number of para-hydroxylation sites is 1. The Balaban J connectivity index is 2.27. The summed E-state index contributed by atoms with van der Waals surface area (Å²) in [6.07, 6.45) is 0. The summed E-state index contributed by atoms with van der Waals surface area (Å²) in [7, 11) is -5.56. The maximum atomic E-state index is 12.7. The van der Waals surface area contributed by atoms with Crippen molar-refractivity contribution in [2.45, 2.75) is 26.0 Å². The Hall–Kier alpha value is -2.26. The molecule has 27 heavy (non-hydrogen) atoms. The van der Waals surface area contributed by atoms with Gasteiger partial charge in [0.05, 0.1) is 11.4 Å². The number of anilines is 1. The van der Waals surface area contributed by atoms with E-state index in [9.17, 15) is 21.6 Å². The van der Waals surface area contributed by atoms with Crippen LogP contribution in [0.3, 0.4) is 0 Å². The minimum Gasteiger partial charge on any atom is -0.391 e. The number of nitrogens with zero attached hydrogens (tertiary/aromatic N) is 1. The predicted octanol–water partition coefficient (Wildman–Crippen LogP) is 4.85. The maximum absolute atomic E-state index is 12.7. The number of oxime groups is 1. The van der Waals surface area contributed by atoms with E-state index in [1.165, 1.54) is 26.0 Å². The first-order valence-corrected chi connectivity index (χ1v) is 9.48. The Morgan fingerprint density at radius 1 is 1.19 bits per heavy atom. The number of aryl methyl sites for hydroxylation is 1. The van der Waals surface area contributed by atoms with Crippen molar-refractivity contribution >= 4 is 33.0 Å². The molecule has 0 aliphatic rings. The van der Waals surface area contributed by atoms with Gasteiger partial charge in [0.2, 0.25) is 0 Å². The lowest BCUT2D eigenvalue weighted by atomic mass is 10.1. The third kappa shape index (κ3) is 5.14. The number of sulfonamides is 1. The molecule has 0 unspecified atom stereocenters. The molecule has 146 valence electrons. The van der Waals surface area contributed by atoms with Crippen molar-refractivity contribution in [3.05, 3.63) is 64.2 Å². The number of halogens is 4. The first-order chi connectivity index (χ1) is 12.5. The van der Waals surface area contributed by atoms with Gasteiger partial charge in [-0.05, 0) is 25.5 Å². The number of alkyl halides is 3. The fourth-order valence-electron chi connectivity index (χ4n) is 2.16. The normalized spacial score (nSPS) is 12.7. The van der Waals surface area contributed by atoms with Gasteiger partial charge in [0.25, 0.3) is 0 Å². The molecule has 0 fully saturated rings. The quantitative estimate of drug-likeness (QED) is 0.536. The van der Waals surface area contributed by atoms with Crippen LogP contribution in [0.1, 0.15) is 23.6 Å².